The van der Waals surface area contributed by atoms with Gasteiger partial charge in [-0.1, -0.05) is 0 Å². The number of carbonyl (C=O) groups excluding carboxylic acids is 1. The van der Waals surface area contributed by atoms with E-state index in [1.165, 1.54) is 0 Å². The maximum Gasteiger partial charge on any atom is 0.326 e. The van der Waals surface area contributed by atoms with E-state index in [1.54, 1.807) is 0 Å². The molecule has 2 atom stereocenters. The standard InChI is InChI=1S/C9H15NO5/c11-4-3-6(9(13)14)10-8(12)7-2-1-5-15-7/h6-7,11H,1-5H2,(H,10,12)(H,13,14)/t6-,7+/m1/s1. The van der Waals surface area contributed by atoms with Gasteiger partial charge in [-0.25, -0.2) is 4.79 Å². The number of amides is 1. The van der Waals surface area contributed by atoms with Gasteiger partial charge < -0.3 is 20.3 Å². The van der Waals surface area contributed by atoms with Gasteiger partial charge in [0.25, 0.3) is 0 Å². The van der Waals surface area contributed by atoms with Gasteiger partial charge in [-0.05, 0) is 12.8 Å². The number of aliphatic carboxylic acids is 1. The highest BCUT2D eigenvalue weighted by molar-refractivity contribution is 5.86. The van der Waals surface area contributed by atoms with Crippen LogP contribution in [0.1, 0.15) is 19.3 Å². The lowest BCUT2D eigenvalue weighted by molar-refractivity contribution is -0.144. The fraction of sp³-hybridized carbons (Fsp3) is 0.778. The molecule has 0 radical (unpaired) electrons. The van der Waals surface area contributed by atoms with Crippen LogP contribution in [0.5, 0.6) is 0 Å². The van der Waals surface area contributed by atoms with Crippen molar-refractivity contribution in [3.05, 3.63) is 0 Å². The molecular formula is C9H15NO5. The van der Waals surface area contributed by atoms with E-state index in [-0.39, 0.29) is 13.0 Å². The van der Waals surface area contributed by atoms with Crippen molar-refractivity contribution < 1.29 is 24.5 Å². The van der Waals surface area contributed by atoms with Crippen LogP contribution < -0.4 is 5.32 Å². The number of ether oxygens (including phenoxy) is 1. The highest BCUT2D eigenvalue weighted by Crippen LogP contribution is 2.12. The molecule has 0 aromatic carbocycles. The number of carboxylic acids is 1. The van der Waals surface area contributed by atoms with E-state index in [0.29, 0.717) is 13.0 Å². The van der Waals surface area contributed by atoms with Gasteiger partial charge in [0.1, 0.15) is 12.1 Å². The molecule has 0 aromatic rings. The van der Waals surface area contributed by atoms with Crippen LogP contribution in [0.25, 0.3) is 0 Å². The molecular weight excluding hydrogens is 202 g/mol. The summed E-state index contributed by atoms with van der Waals surface area (Å²) < 4.78 is 5.11. The molecule has 6 heteroatoms. The minimum atomic E-state index is -1.14. The number of aliphatic hydroxyl groups excluding tert-OH is 1. The van der Waals surface area contributed by atoms with E-state index >= 15 is 0 Å². The molecule has 1 aliphatic rings. The Labute approximate surface area is 87.2 Å². The first kappa shape index (κ1) is 11.9. The molecule has 1 aliphatic heterocycles. The van der Waals surface area contributed by atoms with Crippen LogP contribution in [0.4, 0.5) is 0 Å². The number of aliphatic hydroxyl groups is 1. The van der Waals surface area contributed by atoms with Crippen LogP contribution in [0.3, 0.4) is 0 Å². The summed E-state index contributed by atoms with van der Waals surface area (Å²) in [6.45, 7) is 0.262. The smallest absolute Gasteiger partial charge is 0.326 e. The van der Waals surface area contributed by atoms with E-state index in [9.17, 15) is 9.59 Å². The molecule has 1 amide bonds. The summed E-state index contributed by atoms with van der Waals surface area (Å²) >= 11 is 0. The maximum absolute atomic E-state index is 11.5. The zero-order valence-electron chi connectivity index (χ0n) is 8.31. The summed E-state index contributed by atoms with van der Waals surface area (Å²) in [6, 6.07) is -1.04. The molecule has 0 bridgehead atoms. The normalized spacial score (nSPS) is 22.3. The van der Waals surface area contributed by atoms with Crippen LogP contribution in [-0.2, 0) is 14.3 Å². The second-order valence-electron chi connectivity index (χ2n) is 3.41. The maximum atomic E-state index is 11.5. The van der Waals surface area contributed by atoms with Crippen molar-refractivity contribution in [1.29, 1.82) is 0 Å². The van der Waals surface area contributed by atoms with Gasteiger partial charge in [-0.3, -0.25) is 4.79 Å². The summed E-state index contributed by atoms with van der Waals surface area (Å²) in [6.07, 6.45) is 0.909. The molecule has 1 saturated heterocycles. The minimum absolute atomic E-state index is 0.00773. The molecule has 1 rings (SSSR count). The molecule has 0 spiro atoms. The second kappa shape index (κ2) is 5.67. The van der Waals surface area contributed by atoms with Gasteiger partial charge in [0.05, 0.1) is 0 Å². The Hall–Kier alpha value is -1.14. The van der Waals surface area contributed by atoms with E-state index in [2.05, 4.69) is 5.32 Å². The molecule has 0 aliphatic carbocycles. The average molecular weight is 217 g/mol. The molecule has 1 heterocycles. The SMILES string of the molecule is O=C(N[C@H](CCO)C(=O)O)[C@@H]1CCCO1. The summed E-state index contributed by atoms with van der Waals surface area (Å²) in [5.41, 5.74) is 0. The van der Waals surface area contributed by atoms with Gasteiger partial charge >= 0.3 is 5.97 Å². The van der Waals surface area contributed by atoms with Crippen LogP contribution >= 0.6 is 0 Å². The van der Waals surface area contributed by atoms with Gasteiger partial charge in [0.15, 0.2) is 0 Å². The van der Waals surface area contributed by atoms with E-state index in [4.69, 9.17) is 14.9 Å². The van der Waals surface area contributed by atoms with Crippen molar-refractivity contribution in [2.24, 2.45) is 0 Å². The Bertz CT molecular complexity index is 237. The largest absolute Gasteiger partial charge is 0.480 e. The monoisotopic (exact) mass is 217 g/mol. The zero-order chi connectivity index (χ0) is 11.3. The number of carbonyl (C=O) groups is 2. The van der Waals surface area contributed by atoms with Crippen molar-refractivity contribution in [1.82, 2.24) is 5.32 Å². The molecule has 0 aromatic heterocycles. The lowest BCUT2D eigenvalue weighted by Gasteiger charge is -2.15. The Morgan fingerprint density at radius 3 is 2.73 bits per heavy atom. The van der Waals surface area contributed by atoms with Crippen LogP contribution in [0.15, 0.2) is 0 Å². The first-order valence-corrected chi connectivity index (χ1v) is 4.90. The predicted molar refractivity (Wildman–Crippen MR) is 50.2 cm³/mol. The lowest BCUT2D eigenvalue weighted by atomic mass is 10.2. The molecule has 0 saturated carbocycles. The predicted octanol–water partition coefficient (Wildman–Crippen LogP) is -0.883. The molecule has 3 N–H and O–H groups in total. The Morgan fingerprint density at radius 2 is 2.27 bits per heavy atom. The van der Waals surface area contributed by atoms with E-state index in [0.717, 1.165) is 6.42 Å². The third kappa shape index (κ3) is 3.49. The quantitative estimate of drug-likeness (QED) is 0.555. The summed E-state index contributed by atoms with van der Waals surface area (Å²) in [5, 5.41) is 19.7. The average Bonchev–Trinajstić information content (AvgIpc) is 2.69. The van der Waals surface area contributed by atoms with Crippen LogP contribution in [-0.4, -0.2) is 47.4 Å². The molecule has 86 valence electrons. The molecule has 15 heavy (non-hydrogen) atoms. The molecule has 0 unspecified atom stereocenters. The Kier molecular flexibility index (Phi) is 4.51. The van der Waals surface area contributed by atoms with Gasteiger partial charge in [-0.2, -0.15) is 0 Å². The number of carboxylic acid groups (broad SMARTS) is 1. The number of hydrogen-bond acceptors (Lipinski definition) is 4. The number of nitrogens with one attached hydrogen (secondary N) is 1. The Morgan fingerprint density at radius 1 is 1.53 bits per heavy atom. The van der Waals surface area contributed by atoms with Crippen molar-refractivity contribution in [3.8, 4) is 0 Å². The minimum Gasteiger partial charge on any atom is -0.480 e. The number of rotatable bonds is 5. The third-order valence-corrected chi connectivity index (χ3v) is 2.25. The highest BCUT2D eigenvalue weighted by atomic mass is 16.5. The lowest BCUT2D eigenvalue weighted by Crippen LogP contribution is -2.45. The first-order valence-electron chi connectivity index (χ1n) is 4.90. The zero-order valence-corrected chi connectivity index (χ0v) is 8.31. The van der Waals surface area contributed by atoms with Crippen molar-refractivity contribution in [2.45, 2.75) is 31.4 Å². The topological polar surface area (TPSA) is 95.9 Å². The first-order chi connectivity index (χ1) is 7.15. The van der Waals surface area contributed by atoms with Crippen molar-refractivity contribution >= 4 is 11.9 Å². The van der Waals surface area contributed by atoms with Crippen molar-refractivity contribution in [3.63, 3.8) is 0 Å². The van der Waals surface area contributed by atoms with Crippen LogP contribution in [0.2, 0.25) is 0 Å². The Balaban J connectivity index is 2.42. The molecule has 1 fully saturated rings. The number of hydrogen-bond donors (Lipinski definition) is 3. The summed E-state index contributed by atoms with van der Waals surface area (Å²) in [4.78, 5) is 22.1. The van der Waals surface area contributed by atoms with Gasteiger partial charge in [0.2, 0.25) is 5.91 Å². The fourth-order valence-corrected chi connectivity index (χ4v) is 1.44. The summed E-state index contributed by atoms with van der Waals surface area (Å²) in [5.74, 6) is -1.55. The fourth-order valence-electron chi connectivity index (χ4n) is 1.44. The van der Waals surface area contributed by atoms with E-state index < -0.39 is 24.0 Å². The highest BCUT2D eigenvalue weighted by Gasteiger charge is 2.27. The summed E-state index contributed by atoms with van der Waals surface area (Å²) in [7, 11) is 0. The second-order valence-corrected chi connectivity index (χ2v) is 3.41. The third-order valence-electron chi connectivity index (χ3n) is 2.25. The van der Waals surface area contributed by atoms with Crippen molar-refractivity contribution in [2.75, 3.05) is 13.2 Å². The van der Waals surface area contributed by atoms with Crippen LogP contribution in [0, 0.1) is 0 Å². The molecule has 6 nitrogen and oxygen atoms in total. The van der Waals surface area contributed by atoms with Gasteiger partial charge in [0, 0.05) is 19.6 Å². The van der Waals surface area contributed by atoms with Gasteiger partial charge in [-0.15, -0.1) is 0 Å². The van der Waals surface area contributed by atoms with E-state index in [1.807, 2.05) is 0 Å².